The van der Waals surface area contributed by atoms with E-state index in [1.54, 1.807) is 4.57 Å². The van der Waals surface area contributed by atoms with Crippen LogP contribution < -0.4 is 15.8 Å². The number of nitrogens with two attached hydrogens (primary N) is 1. The van der Waals surface area contributed by atoms with Crippen molar-refractivity contribution in [2.75, 3.05) is 5.73 Å². The van der Waals surface area contributed by atoms with Gasteiger partial charge in [-0.25, -0.2) is 9.37 Å². The van der Waals surface area contributed by atoms with Gasteiger partial charge in [0.15, 0.2) is 5.82 Å². The minimum absolute atomic E-state index is 0.223. The molecule has 2 aromatic heterocycles. The summed E-state index contributed by atoms with van der Waals surface area (Å²) in [5.41, 5.74) is 8.75. The number of benzene rings is 1. The second-order valence-electron chi connectivity index (χ2n) is 7.42. The molecule has 1 fully saturated rings. The molecular weight excluding hydrogens is 363 g/mol. The molecule has 0 saturated heterocycles. The molecule has 5 rings (SSSR count). The maximum Gasteiger partial charge on any atom is 0.152 e. The average Bonchev–Trinajstić information content (AvgIpc) is 3.36. The highest BCUT2D eigenvalue weighted by molar-refractivity contribution is 5.89. The lowest BCUT2D eigenvalue weighted by Gasteiger charge is -2.20. The number of nitrogens with one attached hydrogen (secondary N) is 1. The smallest absolute Gasteiger partial charge is 0.152 e. The van der Waals surface area contributed by atoms with Crippen LogP contribution in [-0.4, -0.2) is 38.1 Å². The number of rotatable bonds is 3. The minimum Gasteiger partial charge on any atom is -0.487 e. The molecule has 0 radical (unpaired) electrons. The third-order valence-electron chi connectivity index (χ3n) is 5.78. The van der Waals surface area contributed by atoms with Gasteiger partial charge in [-0.3, -0.25) is 0 Å². The summed E-state index contributed by atoms with van der Waals surface area (Å²) in [4.78, 5) is 4.22. The molecule has 3 heterocycles. The number of aliphatic hydroxyl groups excluding tert-OH is 2. The normalized spacial score (nSPS) is 26.7. The van der Waals surface area contributed by atoms with Gasteiger partial charge in [0.2, 0.25) is 0 Å². The summed E-state index contributed by atoms with van der Waals surface area (Å²) in [7, 11) is 0. The number of anilines is 1. The first-order chi connectivity index (χ1) is 13.5. The topological polar surface area (TPSA) is 106 Å². The Morgan fingerprint density at radius 2 is 2.07 bits per heavy atom. The molecule has 3 aromatic rings. The maximum atomic E-state index is 14.4. The molecule has 2 aliphatic rings. The molecule has 4 atom stereocenters. The molecule has 5 N–H and O–H groups in total. The lowest BCUT2D eigenvalue weighted by Crippen LogP contribution is -2.34. The van der Waals surface area contributed by atoms with Gasteiger partial charge in [-0.2, -0.15) is 0 Å². The summed E-state index contributed by atoms with van der Waals surface area (Å²) in [6.07, 6.45) is 0.267. The summed E-state index contributed by atoms with van der Waals surface area (Å²) in [5, 5.41) is 24.7. The zero-order valence-corrected chi connectivity index (χ0v) is 15.0. The van der Waals surface area contributed by atoms with E-state index in [0.717, 1.165) is 12.1 Å². The average molecular weight is 384 g/mol. The first-order valence-electron chi connectivity index (χ1n) is 9.29. The van der Waals surface area contributed by atoms with E-state index in [0.29, 0.717) is 24.4 Å². The van der Waals surface area contributed by atoms with E-state index < -0.39 is 30.2 Å². The minimum atomic E-state index is -1.11. The number of hydrogen-bond donors (Lipinski definition) is 4. The van der Waals surface area contributed by atoms with Crippen LogP contribution in [0.1, 0.15) is 23.6 Å². The lowest BCUT2D eigenvalue weighted by atomic mass is 10.1. The Hall–Kier alpha value is -2.68. The standard InChI is InChI=1S/C20H21FN4O3/c21-12-9-25(20-17(12)13(22)4-5-24-20)14-6-16(19(27)18(14)26)28-15-3-1-2-10-7-23-8-11(10)15/h1-5,9,14,16,18-19,23,26-27H,6-8H2,(H2,22,24)/t14-,16+,18+,19-/m1/s1. The Morgan fingerprint density at radius 1 is 1.21 bits per heavy atom. The van der Waals surface area contributed by atoms with Crippen molar-refractivity contribution in [1.82, 2.24) is 14.9 Å². The molecule has 28 heavy (non-hydrogen) atoms. The summed E-state index contributed by atoms with van der Waals surface area (Å²) >= 11 is 0. The van der Waals surface area contributed by atoms with Gasteiger partial charge in [-0.1, -0.05) is 12.1 Å². The third kappa shape index (κ3) is 2.56. The predicted octanol–water partition coefficient (Wildman–Crippen LogP) is 1.47. The Kier molecular flexibility index (Phi) is 4.01. The largest absolute Gasteiger partial charge is 0.487 e. The quantitative estimate of drug-likeness (QED) is 0.545. The lowest BCUT2D eigenvalue weighted by molar-refractivity contribution is -0.0166. The van der Waals surface area contributed by atoms with Crippen LogP contribution in [0.15, 0.2) is 36.7 Å². The summed E-state index contributed by atoms with van der Waals surface area (Å²) < 4.78 is 22.1. The van der Waals surface area contributed by atoms with E-state index in [-0.39, 0.29) is 11.1 Å². The highest BCUT2D eigenvalue weighted by atomic mass is 19.1. The number of aliphatic hydroxyl groups is 2. The van der Waals surface area contributed by atoms with Crippen LogP contribution in [0.2, 0.25) is 0 Å². The van der Waals surface area contributed by atoms with E-state index in [1.807, 2.05) is 18.2 Å². The molecule has 1 aromatic carbocycles. The molecule has 0 unspecified atom stereocenters. The number of halogens is 1. The maximum absolute atomic E-state index is 14.4. The summed E-state index contributed by atoms with van der Waals surface area (Å²) in [5.74, 6) is 0.198. The Labute approximate surface area is 160 Å². The van der Waals surface area contributed by atoms with Gasteiger partial charge in [0.1, 0.15) is 29.7 Å². The van der Waals surface area contributed by atoms with E-state index in [9.17, 15) is 14.6 Å². The van der Waals surface area contributed by atoms with Crippen LogP contribution in [0.5, 0.6) is 5.75 Å². The van der Waals surface area contributed by atoms with Crippen molar-refractivity contribution < 1.29 is 19.3 Å². The number of nitrogens with zero attached hydrogens (tertiary/aromatic N) is 2. The van der Waals surface area contributed by atoms with E-state index >= 15 is 0 Å². The van der Waals surface area contributed by atoms with Crippen molar-refractivity contribution in [1.29, 1.82) is 0 Å². The van der Waals surface area contributed by atoms with Crippen molar-refractivity contribution in [2.45, 2.75) is 43.9 Å². The fourth-order valence-corrected chi connectivity index (χ4v) is 4.34. The Bertz CT molecular complexity index is 1050. The number of nitrogen functional groups attached to an aromatic ring is 1. The van der Waals surface area contributed by atoms with E-state index in [4.69, 9.17) is 10.5 Å². The fraction of sp³-hybridized carbons (Fsp3) is 0.350. The third-order valence-corrected chi connectivity index (χ3v) is 5.78. The molecule has 1 saturated carbocycles. The summed E-state index contributed by atoms with van der Waals surface area (Å²) in [6.45, 7) is 1.49. The molecule has 0 spiro atoms. The number of fused-ring (bicyclic) bond motifs is 2. The second kappa shape index (κ2) is 6.44. The van der Waals surface area contributed by atoms with Gasteiger partial charge in [0.25, 0.3) is 0 Å². The van der Waals surface area contributed by atoms with Crippen molar-refractivity contribution in [3.8, 4) is 5.75 Å². The van der Waals surface area contributed by atoms with Gasteiger partial charge in [-0.05, 0) is 17.7 Å². The van der Waals surface area contributed by atoms with Gasteiger partial charge in [0.05, 0.1) is 11.4 Å². The highest BCUT2D eigenvalue weighted by Gasteiger charge is 2.45. The summed E-state index contributed by atoms with van der Waals surface area (Å²) in [6, 6.07) is 6.78. The molecular formula is C20H21FN4O3. The van der Waals surface area contributed by atoms with Crippen LogP contribution in [0.3, 0.4) is 0 Å². The zero-order chi connectivity index (χ0) is 19.4. The first kappa shape index (κ1) is 17.4. The Morgan fingerprint density at radius 3 is 2.93 bits per heavy atom. The molecule has 0 bridgehead atoms. The monoisotopic (exact) mass is 384 g/mol. The van der Waals surface area contributed by atoms with Crippen molar-refractivity contribution >= 4 is 16.7 Å². The highest BCUT2D eigenvalue weighted by Crippen LogP contribution is 2.38. The molecule has 7 nitrogen and oxygen atoms in total. The van der Waals surface area contributed by atoms with Crippen LogP contribution >= 0.6 is 0 Å². The molecule has 1 aliphatic heterocycles. The molecule has 1 aliphatic carbocycles. The van der Waals surface area contributed by atoms with Crippen LogP contribution in [0, 0.1) is 5.82 Å². The van der Waals surface area contributed by atoms with Crippen molar-refractivity contribution in [3.63, 3.8) is 0 Å². The van der Waals surface area contributed by atoms with Crippen LogP contribution in [0.25, 0.3) is 11.0 Å². The van der Waals surface area contributed by atoms with E-state index in [1.165, 1.54) is 24.0 Å². The van der Waals surface area contributed by atoms with Gasteiger partial charge in [0, 0.05) is 43.2 Å². The van der Waals surface area contributed by atoms with Gasteiger partial charge < -0.3 is 30.6 Å². The van der Waals surface area contributed by atoms with E-state index in [2.05, 4.69) is 10.3 Å². The van der Waals surface area contributed by atoms with Gasteiger partial charge >= 0.3 is 0 Å². The number of hydrogen-bond acceptors (Lipinski definition) is 6. The zero-order valence-electron chi connectivity index (χ0n) is 15.0. The van der Waals surface area contributed by atoms with Crippen molar-refractivity contribution in [3.05, 3.63) is 53.6 Å². The Balaban J connectivity index is 1.47. The van der Waals surface area contributed by atoms with Crippen LogP contribution in [0.4, 0.5) is 10.1 Å². The number of pyridine rings is 1. The SMILES string of the molecule is Nc1ccnc2c1c(F)cn2[C@@H]1C[C@H](Oc2cccc3c2CNC3)[C@@H](O)[C@H]1O. The fourth-order valence-electron chi connectivity index (χ4n) is 4.34. The molecule has 8 heteroatoms. The molecule has 0 amide bonds. The number of aromatic nitrogens is 2. The molecule has 146 valence electrons. The first-order valence-corrected chi connectivity index (χ1v) is 9.29. The second-order valence-corrected chi connectivity index (χ2v) is 7.42. The van der Waals surface area contributed by atoms with Crippen molar-refractivity contribution in [2.24, 2.45) is 0 Å². The number of ether oxygens (including phenoxy) is 1. The van der Waals surface area contributed by atoms with Gasteiger partial charge in [-0.15, -0.1) is 0 Å². The predicted molar refractivity (Wildman–Crippen MR) is 101 cm³/mol. The van der Waals surface area contributed by atoms with Crippen LogP contribution in [-0.2, 0) is 13.1 Å².